The van der Waals surface area contributed by atoms with Gasteiger partial charge in [-0.2, -0.15) is 5.10 Å². The molecule has 3 nitrogen and oxygen atoms in total. The Bertz CT molecular complexity index is 648. The lowest BCUT2D eigenvalue weighted by molar-refractivity contribution is 0.175. The van der Waals surface area contributed by atoms with Gasteiger partial charge in [0.15, 0.2) is 0 Å². The van der Waals surface area contributed by atoms with Crippen molar-refractivity contribution < 1.29 is 5.11 Å². The third kappa shape index (κ3) is 2.42. The van der Waals surface area contributed by atoms with Crippen LogP contribution in [0.2, 0.25) is 0 Å². The zero-order valence-corrected chi connectivity index (χ0v) is 13.4. The quantitative estimate of drug-likeness (QED) is 0.935. The van der Waals surface area contributed by atoms with Gasteiger partial charge in [0.2, 0.25) is 0 Å². The van der Waals surface area contributed by atoms with Crippen LogP contribution in [0, 0.1) is 6.92 Å². The SMILES string of the molecule is Cc1nn(C)c(CC(O)c2ccc3c(c2)CCC3)c1Br. The molecule has 2 aromatic rings. The largest absolute Gasteiger partial charge is 0.388 e. The topological polar surface area (TPSA) is 38.0 Å². The lowest BCUT2D eigenvalue weighted by atomic mass is 10.00. The van der Waals surface area contributed by atoms with Crippen molar-refractivity contribution in [3.63, 3.8) is 0 Å². The molecule has 20 heavy (non-hydrogen) atoms. The van der Waals surface area contributed by atoms with E-state index >= 15 is 0 Å². The molecule has 106 valence electrons. The second-order valence-electron chi connectivity index (χ2n) is 5.57. The number of aromatic nitrogens is 2. The lowest BCUT2D eigenvalue weighted by Gasteiger charge is -2.13. The Morgan fingerprint density at radius 1 is 1.35 bits per heavy atom. The van der Waals surface area contributed by atoms with Gasteiger partial charge in [-0.3, -0.25) is 4.68 Å². The van der Waals surface area contributed by atoms with Gasteiger partial charge in [-0.1, -0.05) is 18.2 Å². The summed E-state index contributed by atoms with van der Waals surface area (Å²) in [4.78, 5) is 0. The van der Waals surface area contributed by atoms with Crippen LogP contribution in [0.3, 0.4) is 0 Å². The van der Waals surface area contributed by atoms with E-state index in [-0.39, 0.29) is 0 Å². The van der Waals surface area contributed by atoms with Crippen molar-refractivity contribution >= 4 is 15.9 Å². The first-order chi connectivity index (χ1) is 9.56. The van der Waals surface area contributed by atoms with E-state index in [1.54, 1.807) is 0 Å². The molecule has 0 aliphatic heterocycles. The number of rotatable bonds is 3. The minimum absolute atomic E-state index is 0.480. The van der Waals surface area contributed by atoms with E-state index in [1.807, 2.05) is 18.7 Å². The predicted molar refractivity (Wildman–Crippen MR) is 82.8 cm³/mol. The molecule has 0 radical (unpaired) electrons. The van der Waals surface area contributed by atoms with Gasteiger partial charge in [-0.05, 0) is 58.8 Å². The fraction of sp³-hybridized carbons (Fsp3) is 0.438. The molecule has 1 atom stereocenters. The summed E-state index contributed by atoms with van der Waals surface area (Å²) >= 11 is 3.56. The van der Waals surface area contributed by atoms with Crippen molar-refractivity contribution in [1.29, 1.82) is 0 Å². The first-order valence-electron chi connectivity index (χ1n) is 7.04. The highest BCUT2D eigenvalue weighted by molar-refractivity contribution is 9.10. The van der Waals surface area contributed by atoms with Gasteiger partial charge in [-0.15, -0.1) is 0 Å². The maximum atomic E-state index is 10.5. The van der Waals surface area contributed by atoms with Crippen molar-refractivity contribution in [3.05, 3.63) is 50.8 Å². The first-order valence-corrected chi connectivity index (χ1v) is 7.83. The normalized spacial score (nSPS) is 15.4. The summed E-state index contributed by atoms with van der Waals surface area (Å²) in [5.41, 5.74) is 5.86. The van der Waals surface area contributed by atoms with E-state index in [0.717, 1.165) is 27.8 Å². The molecule has 0 saturated heterocycles. The molecule has 1 aliphatic carbocycles. The zero-order valence-electron chi connectivity index (χ0n) is 11.9. The van der Waals surface area contributed by atoms with Crippen molar-refractivity contribution in [1.82, 2.24) is 9.78 Å². The molecular formula is C16H19BrN2O. The number of aryl methyl sites for hydroxylation is 4. The summed E-state index contributed by atoms with van der Waals surface area (Å²) in [5.74, 6) is 0. The average molecular weight is 335 g/mol. The average Bonchev–Trinajstić information content (AvgIpc) is 2.98. The highest BCUT2D eigenvalue weighted by Crippen LogP contribution is 2.29. The van der Waals surface area contributed by atoms with E-state index < -0.39 is 6.10 Å². The van der Waals surface area contributed by atoms with E-state index in [1.165, 1.54) is 24.0 Å². The Balaban J connectivity index is 1.84. The van der Waals surface area contributed by atoms with Crippen LogP contribution >= 0.6 is 15.9 Å². The Morgan fingerprint density at radius 3 is 2.80 bits per heavy atom. The van der Waals surface area contributed by atoms with Gasteiger partial charge in [-0.25, -0.2) is 0 Å². The molecule has 0 bridgehead atoms. The number of benzene rings is 1. The van der Waals surface area contributed by atoms with Crippen molar-refractivity contribution in [3.8, 4) is 0 Å². The maximum Gasteiger partial charge on any atom is 0.0845 e. The Kier molecular flexibility index (Phi) is 3.69. The third-order valence-electron chi connectivity index (χ3n) is 4.16. The van der Waals surface area contributed by atoms with Crippen LogP contribution in [0.4, 0.5) is 0 Å². The van der Waals surface area contributed by atoms with Gasteiger partial charge in [0.1, 0.15) is 0 Å². The van der Waals surface area contributed by atoms with Gasteiger partial charge in [0, 0.05) is 13.5 Å². The summed E-state index contributed by atoms with van der Waals surface area (Å²) < 4.78 is 2.84. The van der Waals surface area contributed by atoms with Crippen molar-refractivity contribution in [2.75, 3.05) is 0 Å². The second kappa shape index (κ2) is 5.34. The number of aliphatic hydroxyl groups is 1. The smallest absolute Gasteiger partial charge is 0.0845 e. The summed E-state index contributed by atoms with van der Waals surface area (Å²) in [6.07, 6.45) is 3.66. The molecule has 0 amide bonds. The lowest BCUT2D eigenvalue weighted by Crippen LogP contribution is -2.07. The summed E-state index contributed by atoms with van der Waals surface area (Å²) in [6, 6.07) is 6.40. The predicted octanol–water partition coefficient (Wildman–Crippen LogP) is 3.26. The number of aliphatic hydroxyl groups excluding tert-OH is 1. The Labute approximate surface area is 127 Å². The van der Waals surface area contributed by atoms with Crippen molar-refractivity contribution in [2.45, 2.75) is 38.7 Å². The molecule has 0 spiro atoms. The van der Waals surface area contributed by atoms with Gasteiger partial charge in [0.05, 0.1) is 22.0 Å². The molecular weight excluding hydrogens is 316 g/mol. The molecule has 4 heteroatoms. The first kappa shape index (κ1) is 13.8. The number of halogens is 1. The van der Waals surface area contributed by atoms with E-state index in [9.17, 15) is 5.11 Å². The van der Waals surface area contributed by atoms with Crippen LogP contribution < -0.4 is 0 Å². The van der Waals surface area contributed by atoms with Crippen molar-refractivity contribution in [2.24, 2.45) is 7.05 Å². The van der Waals surface area contributed by atoms with Crippen LogP contribution in [0.15, 0.2) is 22.7 Å². The minimum atomic E-state index is -0.480. The summed E-state index contributed by atoms with van der Waals surface area (Å²) in [6.45, 7) is 1.97. The number of nitrogens with zero attached hydrogens (tertiary/aromatic N) is 2. The standard InChI is InChI=1S/C16H19BrN2O/c1-10-16(17)14(19(2)18-10)9-15(20)13-7-6-11-4-3-5-12(11)8-13/h6-8,15,20H,3-5,9H2,1-2H3. The fourth-order valence-electron chi connectivity index (χ4n) is 3.00. The summed E-state index contributed by atoms with van der Waals surface area (Å²) in [5, 5.41) is 14.9. The molecule has 1 heterocycles. The number of hydrogen-bond donors (Lipinski definition) is 1. The highest BCUT2D eigenvalue weighted by Gasteiger charge is 2.18. The molecule has 0 saturated carbocycles. The Hall–Kier alpha value is -1.13. The summed E-state index contributed by atoms with van der Waals surface area (Å²) in [7, 11) is 1.92. The van der Waals surface area contributed by atoms with Crippen LogP contribution in [0.1, 0.15) is 40.6 Å². The van der Waals surface area contributed by atoms with Crippen LogP contribution in [-0.4, -0.2) is 14.9 Å². The molecule has 0 fully saturated rings. The van der Waals surface area contributed by atoms with Crippen LogP contribution in [-0.2, 0) is 26.3 Å². The Morgan fingerprint density at radius 2 is 2.10 bits per heavy atom. The van der Waals surface area contributed by atoms with Crippen LogP contribution in [0.5, 0.6) is 0 Å². The van der Waals surface area contributed by atoms with E-state index in [4.69, 9.17) is 0 Å². The van der Waals surface area contributed by atoms with Gasteiger partial charge >= 0.3 is 0 Å². The zero-order chi connectivity index (χ0) is 14.3. The fourth-order valence-corrected chi connectivity index (χ4v) is 3.50. The highest BCUT2D eigenvalue weighted by atomic mass is 79.9. The van der Waals surface area contributed by atoms with Crippen LogP contribution in [0.25, 0.3) is 0 Å². The molecule has 1 unspecified atom stereocenters. The number of fused-ring (bicyclic) bond motifs is 1. The maximum absolute atomic E-state index is 10.5. The third-order valence-corrected chi connectivity index (χ3v) is 5.19. The number of hydrogen-bond acceptors (Lipinski definition) is 2. The molecule has 1 aromatic carbocycles. The van der Waals surface area contributed by atoms with Gasteiger partial charge < -0.3 is 5.11 Å². The molecule has 1 aromatic heterocycles. The molecule has 3 rings (SSSR count). The second-order valence-corrected chi connectivity index (χ2v) is 6.36. The van der Waals surface area contributed by atoms with Gasteiger partial charge in [0.25, 0.3) is 0 Å². The molecule has 1 N–H and O–H groups in total. The van der Waals surface area contributed by atoms with E-state index in [0.29, 0.717) is 6.42 Å². The molecule has 1 aliphatic rings. The monoisotopic (exact) mass is 334 g/mol. The minimum Gasteiger partial charge on any atom is -0.388 e. The van der Waals surface area contributed by atoms with E-state index in [2.05, 4.69) is 39.2 Å².